The first kappa shape index (κ1) is 35.5. The first-order valence-corrected chi connectivity index (χ1v) is 16.0. The van der Waals surface area contributed by atoms with Gasteiger partial charge in [-0.3, -0.25) is 0 Å². The molecule has 3 aromatic carbocycles. The molecule has 0 amide bonds. The third kappa shape index (κ3) is 10.0. The Balaban J connectivity index is 2.13. The van der Waals surface area contributed by atoms with E-state index in [1.807, 2.05) is 24.3 Å². The summed E-state index contributed by atoms with van der Waals surface area (Å²) in [6, 6.07) is 17.9. The van der Waals surface area contributed by atoms with Crippen LogP contribution in [0.15, 0.2) is 78.9 Å². The summed E-state index contributed by atoms with van der Waals surface area (Å²) in [5.74, 6) is -0.512. The number of carbonyl (C=O) groups excluding carboxylic acids is 2. The predicted molar refractivity (Wildman–Crippen MR) is 181 cm³/mol. The van der Waals surface area contributed by atoms with Crippen molar-refractivity contribution in [2.75, 3.05) is 13.2 Å². The Bertz CT molecular complexity index is 1480. The number of carbonyl (C=O) groups is 2. The van der Waals surface area contributed by atoms with Crippen LogP contribution in [0, 0.1) is 5.92 Å². The predicted octanol–water partition coefficient (Wildman–Crippen LogP) is 8.20. The Hall–Kier alpha value is -4.00. The zero-order valence-corrected chi connectivity index (χ0v) is 27.3. The maximum Gasteiger partial charge on any atom is 0.338 e. The summed E-state index contributed by atoms with van der Waals surface area (Å²) in [4.78, 5) is 25.6. The molecule has 0 aromatic heterocycles. The van der Waals surface area contributed by atoms with Gasteiger partial charge in [-0.05, 0) is 92.3 Å². The SMILES string of the molecule is C=C(C)C(=O)Oc1cc(-c2ccc(CCCC(CO)CO)cc2CC)c(OC(=O)C(=C)C)cc1-c1ccc(CCCCC)cc1. The Kier molecular flexibility index (Phi) is 13.8. The molecular weight excluding hydrogens is 564 g/mol. The van der Waals surface area contributed by atoms with Crippen LogP contribution in [0.2, 0.25) is 0 Å². The number of aliphatic hydroxyl groups is 2. The number of ether oxygens (including phenoxy) is 2. The van der Waals surface area contributed by atoms with Crippen molar-refractivity contribution >= 4 is 11.9 Å². The summed E-state index contributed by atoms with van der Waals surface area (Å²) in [7, 11) is 0. The van der Waals surface area contributed by atoms with Crippen LogP contribution in [0.1, 0.15) is 76.5 Å². The van der Waals surface area contributed by atoms with Gasteiger partial charge in [0.05, 0.1) is 0 Å². The molecule has 6 heteroatoms. The van der Waals surface area contributed by atoms with E-state index >= 15 is 0 Å². The van der Waals surface area contributed by atoms with Gasteiger partial charge in [-0.15, -0.1) is 0 Å². The van der Waals surface area contributed by atoms with Crippen LogP contribution in [0.3, 0.4) is 0 Å². The van der Waals surface area contributed by atoms with Gasteiger partial charge >= 0.3 is 11.9 Å². The molecule has 0 saturated heterocycles. The summed E-state index contributed by atoms with van der Waals surface area (Å²) >= 11 is 0. The van der Waals surface area contributed by atoms with Crippen LogP contribution in [0.4, 0.5) is 0 Å². The van der Waals surface area contributed by atoms with Crippen LogP contribution in [0.5, 0.6) is 11.5 Å². The molecule has 0 atom stereocenters. The molecule has 0 aliphatic carbocycles. The molecule has 6 nitrogen and oxygen atoms in total. The van der Waals surface area contributed by atoms with E-state index in [9.17, 15) is 19.8 Å². The highest BCUT2D eigenvalue weighted by Gasteiger charge is 2.21. The standard InChI is InChI=1S/C39H48O6/c1-7-9-10-12-28-15-18-32(19-16-28)34-22-37(45-39(43)27(5)6)35(23-36(34)44-38(42)26(3)4)33-20-17-29(21-31(33)8-2)13-11-14-30(24-40)25-41/h15-23,30,40-41H,3,5,7-14,24-25H2,1-2,4,6H3. The first-order chi connectivity index (χ1) is 21.6. The van der Waals surface area contributed by atoms with Crippen molar-refractivity contribution in [3.8, 4) is 33.8 Å². The average Bonchev–Trinajstić information content (AvgIpc) is 3.03. The van der Waals surface area contributed by atoms with Crippen LogP contribution >= 0.6 is 0 Å². The van der Waals surface area contributed by atoms with Crippen LogP contribution in [-0.2, 0) is 28.9 Å². The zero-order valence-electron chi connectivity index (χ0n) is 27.3. The Morgan fingerprint density at radius 1 is 0.711 bits per heavy atom. The number of esters is 2. The largest absolute Gasteiger partial charge is 0.423 e. The van der Waals surface area contributed by atoms with Crippen LogP contribution in [-0.4, -0.2) is 35.4 Å². The Labute approximate surface area is 268 Å². The fraction of sp³-hybridized carbons (Fsp3) is 0.385. The highest BCUT2D eigenvalue weighted by atomic mass is 16.5. The van der Waals surface area contributed by atoms with E-state index in [0.717, 1.165) is 67.2 Å². The zero-order chi connectivity index (χ0) is 32.9. The van der Waals surface area contributed by atoms with Gasteiger partial charge in [0.25, 0.3) is 0 Å². The summed E-state index contributed by atoms with van der Waals surface area (Å²) in [5, 5.41) is 18.8. The molecular formula is C39H48O6. The van der Waals surface area contributed by atoms with Crippen molar-refractivity contribution < 1.29 is 29.3 Å². The summed E-state index contributed by atoms with van der Waals surface area (Å²) in [6.45, 7) is 14.9. The van der Waals surface area contributed by atoms with E-state index in [1.165, 1.54) is 12.0 Å². The minimum atomic E-state index is -0.544. The first-order valence-electron chi connectivity index (χ1n) is 16.0. The molecule has 240 valence electrons. The quantitative estimate of drug-likeness (QED) is 0.0691. The highest BCUT2D eigenvalue weighted by molar-refractivity contribution is 5.94. The van der Waals surface area contributed by atoms with E-state index in [0.29, 0.717) is 22.6 Å². The van der Waals surface area contributed by atoms with Crippen molar-refractivity contribution in [2.24, 2.45) is 5.92 Å². The smallest absolute Gasteiger partial charge is 0.338 e. The maximum atomic E-state index is 12.8. The molecule has 0 unspecified atom stereocenters. The van der Waals surface area contributed by atoms with Crippen molar-refractivity contribution in [2.45, 2.75) is 79.1 Å². The van der Waals surface area contributed by atoms with Gasteiger partial charge in [0.15, 0.2) is 0 Å². The topological polar surface area (TPSA) is 93.1 Å². The second-order valence-electron chi connectivity index (χ2n) is 11.8. The summed E-state index contributed by atoms with van der Waals surface area (Å²) < 4.78 is 11.8. The van der Waals surface area contributed by atoms with Gasteiger partial charge in [-0.25, -0.2) is 9.59 Å². The number of hydrogen-bond acceptors (Lipinski definition) is 6. The molecule has 0 fully saturated rings. The molecule has 0 spiro atoms. The third-order valence-corrected chi connectivity index (χ3v) is 7.95. The van der Waals surface area contributed by atoms with Crippen molar-refractivity contribution in [1.82, 2.24) is 0 Å². The van der Waals surface area contributed by atoms with Gasteiger partial charge in [0.2, 0.25) is 0 Å². The molecule has 0 aliphatic heterocycles. The molecule has 2 N–H and O–H groups in total. The van der Waals surface area contributed by atoms with Gasteiger partial charge in [-0.1, -0.05) is 82.3 Å². The number of rotatable bonds is 17. The lowest BCUT2D eigenvalue weighted by molar-refractivity contribution is -0.131. The van der Waals surface area contributed by atoms with Crippen LogP contribution in [0.25, 0.3) is 22.3 Å². The number of aryl methyl sites for hydroxylation is 3. The second kappa shape index (κ2) is 17.5. The fourth-order valence-corrected chi connectivity index (χ4v) is 5.16. The molecule has 45 heavy (non-hydrogen) atoms. The van der Waals surface area contributed by atoms with Crippen molar-refractivity contribution in [3.05, 3.63) is 95.6 Å². The molecule has 0 aliphatic rings. The van der Waals surface area contributed by atoms with Gasteiger partial charge < -0.3 is 19.7 Å². The minimum Gasteiger partial charge on any atom is -0.423 e. The van der Waals surface area contributed by atoms with E-state index in [-0.39, 0.29) is 30.3 Å². The lowest BCUT2D eigenvalue weighted by Gasteiger charge is -2.19. The van der Waals surface area contributed by atoms with Gasteiger partial charge in [-0.2, -0.15) is 0 Å². The van der Waals surface area contributed by atoms with Crippen molar-refractivity contribution in [3.63, 3.8) is 0 Å². The van der Waals surface area contributed by atoms with Gasteiger partial charge in [0.1, 0.15) is 11.5 Å². The van der Waals surface area contributed by atoms with E-state index < -0.39 is 11.9 Å². The van der Waals surface area contributed by atoms with Crippen molar-refractivity contribution in [1.29, 1.82) is 0 Å². The van der Waals surface area contributed by atoms with E-state index in [2.05, 4.69) is 45.2 Å². The number of aliphatic hydroxyl groups excluding tert-OH is 2. The van der Waals surface area contributed by atoms with E-state index in [4.69, 9.17) is 9.47 Å². The van der Waals surface area contributed by atoms with Crippen LogP contribution < -0.4 is 9.47 Å². The second-order valence-corrected chi connectivity index (χ2v) is 11.8. The summed E-state index contributed by atoms with van der Waals surface area (Å²) in [5.41, 5.74) is 6.88. The molecule has 0 saturated carbocycles. The molecule has 0 bridgehead atoms. The molecule has 0 heterocycles. The highest BCUT2D eigenvalue weighted by Crippen LogP contribution is 2.43. The Morgan fingerprint density at radius 3 is 1.82 bits per heavy atom. The Morgan fingerprint density at radius 2 is 1.27 bits per heavy atom. The minimum absolute atomic E-state index is 0.0291. The maximum absolute atomic E-state index is 12.8. The molecule has 3 rings (SSSR count). The normalized spacial score (nSPS) is 11.0. The molecule has 0 radical (unpaired) electrons. The van der Waals surface area contributed by atoms with E-state index in [1.54, 1.807) is 26.0 Å². The van der Waals surface area contributed by atoms with Gasteiger partial charge in [0, 0.05) is 41.4 Å². The average molecular weight is 613 g/mol. The number of unbranched alkanes of at least 4 members (excludes halogenated alkanes) is 2. The lowest BCUT2D eigenvalue weighted by Crippen LogP contribution is -2.12. The lowest BCUT2D eigenvalue weighted by atomic mass is 9.91. The fourth-order valence-electron chi connectivity index (χ4n) is 5.16. The third-order valence-electron chi connectivity index (χ3n) is 7.95. The monoisotopic (exact) mass is 612 g/mol. The number of benzene rings is 3. The summed E-state index contributed by atoms with van der Waals surface area (Å²) in [6.07, 6.45) is 7.54. The molecule has 3 aromatic rings. The number of hydrogen-bond donors (Lipinski definition) is 2.